The molecule has 0 spiro atoms. The summed E-state index contributed by atoms with van der Waals surface area (Å²) in [6.45, 7) is 11.0. The molecule has 0 bridgehead atoms. The fourth-order valence-corrected chi connectivity index (χ4v) is 8.63. The first-order chi connectivity index (χ1) is 25.5. The Kier molecular flexibility index (Phi) is 13.6. The molecular formula is C40H50N5O7P. The van der Waals surface area contributed by atoms with Crippen LogP contribution in [0.4, 0.5) is 0 Å². The molecule has 1 aliphatic rings. The van der Waals surface area contributed by atoms with Crippen LogP contribution < -0.4 is 20.7 Å². The van der Waals surface area contributed by atoms with Crippen molar-refractivity contribution < 1.29 is 23.3 Å². The van der Waals surface area contributed by atoms with E-state index >= 15 is 0 Å². The number of morpholine rings is 1. The molecule has 13 heteroatoms. The van der Waals surface area contributed by atoms with Crippen LogP contribution in [0, 0.1) is 18.3 Å². The molecule has 1 fully saturated rings. The standard InChI is InChI=1S/C40H50N5O7P/c1-28(2)45(29(3)4)53(50-23-11-22-41)51-27-36-25-43(26-37(52-36)44-24-30(5)38(46)42-39(44)47)40(31-12-9-8-10-13-31,32-14-18-34(48-6)19-15-32)33-16-20-35(49-7)21-17-33/h8-10,12-21,24,28-29,36-37H,11,23,25-27H2,1-7H3,(H,42,46,47)/t36-,37+,53?/m0/s1. The third-order valence-corrected chi connectivity index (χ3v) is 11.4. The van der Waals surface area contributed by atoms with Gasteiger partial charge in [-0.3, -0.25) is 19.2 Å². The number of H-pyrrole nitrogens is 1. The van der Waals surface area contributed by atoms with E-state index in [2.05, 4.69) is 84.7 Å². The molecule has 1 N–H and O–H groups in total. The number of nitrogens with one attached hydrogen (secondary N) is 1. The lowest BCUT2D eigenvalue weighted by Gasteiger charge is -2.50. The van der Waals surface area contributed by atoms with E-state index in [-0.39, 0.29) is 38.3 Å². The molecular weight excluding hydrogens is 693 g/mol. The number of rotatable bonds is 16. The van der Waals surface area contributed by atoms with Crippen molar-refractivity contribution in [2.45, 2.75) is 71.0 Å². The van der Waals surface area contributed by atoms with Gasteiger partial charge in [0.05, 0.1) is 51.6 Å². The molecule has 0 aliphatic carbocycles. The second-order valence-corrected chi connectivity index (χ2v) is 14.9. The Hall–Kier alpha value is -4.34. The molecule has 3 atom stereocenters. The topological polar surface area (TPSA) is 131 Å². The van der Waals surface area contributed by atoms with Gasteiger partial charge in [0, 0.05) is 36.9 Å². The number of nitriles is 1. The zero-order valence-electron chi connectivity index (χ0n) is 31.5. The first-order valence-electron chi connectivity index (χ1n) is 17.8. The molecule has 1 saturated heterocycles. The summed E-state index contributed by atoms with van der Waals surface area (Å²) in [6, 6.07) is 28.6. The Labute approximate surface area is 312 Å². The number of hydrogen-bond acceptors (Lipinski definition) is 10. The number of aryl methyl sites for hydroxylation is 1. The monoisotopic (exact) mass is 743 g/mol. The maximum Gasteiger partial charge on any atom is 0.330 e. The lowest BCUT2D eigenvalue weighted by molar-refractivity contribution is -0.149. The van der Waals surface area contributed by atoms with Gasteiger partial charge in [-0.05, 0) is 75.6 Å². The van der Waals surface area contributed by atoms with Crippen molar-refractivity contribution in [1.82, 2.24) is 19.1 Å². The van der Waals surface area contributed by atoms with Crippen LogP contribution in [0.1, 0.15) is 62.6 Å². The molecule has 12 nitrogen and oxygen atoms in total. The highest BCUT2D eigenvalue weighted by atomic mass is 31.2. The molecule has 3 aromatic carbocycles. The number of aromatic nitrogens is 2. The predicted molar refractivity (Wildman–Crippen MR) is 205 cm³/mol. The third kappa shape index (κ3) is 8.90. The highest BCUT2D eigenvalue weighted by Crippen LogP contribution is 2.48. The molecule has 53 heavy (non-hydrogen) atoms. The minimum atomic E-state index is -1.57. The van der Waals surface area contributed by atoms with Crippen molar-refractivity contribution in [3.05, 3.63) is 128 Å². The molecule has 1 unspecified atom stereocenters. The Morgan fingerprint density at radius 3 is 1.98 bits per heavy atom. The minimum Gasteiger partial charge on any atom is -0.497 e. The van der Waals surface area contributed by atoms with Crippen molar-refractivity contribution in [2.75, 3.05) is 40.5 Å². The third-order valence-electron chi connectivity index (χ3n) is 9.32. The molecule has 1 aromatic heterocycles. The Balaban J connectivity index is 1.68. The van der Waals surface area contributed by atoms with Crippen molar-refractivity contribution >= 4 is 8.53 Å². The molecule has 282 valence electrons. The summed E-state index contributed by atoms with van der Waals surface area (Å²) in [6.07, 6.45) is 0.421. The number of nitrogens with zero attached hydrogens (tertiary/aromatic N) is 4. The van der Waals surface area contributed by atoms with E-state index in [4.69, 9.17) is 23.3 Å². The summed E-state index contributed by atoms with van der Waals surface area (Å²) in [5.41, 5.74) is 1.39. The summed E-state index contributed by atoms with van der Waals surface area (Å²) in [7, 11) is 1.71. The lowest BCUT2D eigenvalue weighted by atomic mass is 9.75. The zero-order valence-corrected chi connectivity index (χ0v) is 32.4. The highest BCUT2D eigenvalue weighted by Gasteiger charge is 2.47. The molecule has 2 heterocycles. The van der Waals surface area contributed by atoms with E-state index in [0.717, 1.165) is 28.2 Å². The number of hydrogen-bond donors (Lipinski definition) is 1. The number of methoxy groups -OCH3 is 2. The van der Waals surface area contributed by atoms with E-state index < -0.39 is 37.6 Å². The summed E-state index contributed by atoms with van der Waals surface area (Å²) in [5, 5.41) is 9.25. The van der Waals surface area contributed by atoms with Gasteiger partial charge in [-0.2, -0.15) is 5.26 Å². The van der Waals surface area contributed by atoms with Crippen LogP contribution in [0.25, 0.3) is 0 Å². The van der Waals surface area contributed by atoms with E-state index in [1.165, 1.54) is 4.57 Å². The molecule has 4 aromatic rings. The van der Waals surface area contributed by atoms with Gasteiger partial charge in [0.2, 0.25) is 0 Å². The van der Waals surface area contributed by atoms with Crippen molar-refractivity contribution in [2.24, 2.45) is 0 Å². The van der Waals surface area contributed by atoms with Crippen LogP contribution in [-0.2, 0) is 19.3 Å². The summed E-state index contributed by atoms with van der Waals surface area (Å²) in [5.74, 6) is 1.44. The fraction of sp³-hybridized carbons (Fsp3) is 0.425. The van der Waals surface area contributed by atoms with Crippen LogP contribution >= 0.6 is 8.53 Å². The van der Waals surface area contributed by atoms with Gasteiger partial charge in [-0.1, -0.05) is 54.6 Å². The van der Waals surface area contributed by atoms with Gasteiger partial charge in [0.1, 0.15) is 11.5 Å². The maximum atomic E-state index is 13.5. The average Bonchev–Trinajstić information content (AvgIpc) is 3.16. The number of aromatic amines is 1. The Morgan fingerprint density at radius 1 is 0.887 bits per heavy atom. The lowest BCUT2D eigenvalue weighted by Crippen LogP contribution is -2.58. The molecule has 0 amide bonds. The first-order valence-corrected chi connectivity index (χ1v) is 18.9. The van der Waals surface area contributed by atoms with Crippen molar-refractivity contribution in [3.63, 3.8) is 0 Å². The molecule has 0 radical (unpaired) electrons. The van der Waals surface area contributed by atoms with Gasteiger partial charge >= 0.3 is 5.69 Å². The largest absolute Gasteiger partial charge is 0.497 e. The van der Waals surface area contributed by atoms with Gasteiger partial charge < -0.3 is 23.3 Å². The summed E-state index contributed by atoms with van der Waals surface area (Å²) in [4.78, 5) is 30.7. The zero-order chi connectivity index (χ0) is 38.1. The van der Waals surface area contributed by atoms with Crippen molar-refractivity contribution in [1.29, 1.82) is 5.26 Å². The quantitative estimate of drug-likeness (QED) is 0.0788. The maximum absolute atomic E-state index is 13.5. The van der Waals surface area contributed by atoms with Gasteiger partial charge in [-0.15, -0.1) is 0 Å². The minimum absolute atomic E-state index is 0.110. The number of benzene rings is 3. The van der Waals surface area contributed by atoms with Crippen LogP contribution in [-0.4, -0.2) is 77.8 Å². The van der Waals surface area contributed by atoms with Crippen LogP contribution in [0.15, 0.2) is 94.6 Å². The molecule has 1 aliphatic heterocycles. The van der Waals surface area contributed by atoms with Crippen LogP contribution in [0.5, 0.6) is 11.5 Å². The van der Waals surface area contributed by atoms with Gasteiger partial charge in [-0.25, -0.2) is 9.46 Å². The average molecular weight is 744 g/mol. The number of ether oxygens (including phenoxy) is 3. The second kappa shape index (κ2) is 18.1. The SMILES string of the molecule is COc1ccc(C(c2ccccc2)(c2ccc(OC)cc2)N2C[C@@H](COP(OCCC#N)N(C(C)C)C(C)C)O[C@@H](n3cc(C)c(=O)[nH]c3=O)C2)cc1. The Morgan fingerprint density at radius 2 is 1.45 bits per heavy atom. The van der Waals surface area contributed by atoms with Crippen LogP contribution in [0.3, 0.4) is 0 Å². The molecule has 0 saturated carbocycles. The predicted octanol–water partition coefficient (Wildman–Crippen LogP) is 6.35. The van der Waals surface area contributed by atoms with E-state index in [0.29, 0.717) is 12.1 Å². The summed E-state index contributed by atoms with van der Waals surface area (Å²) < 4.78 is 34.4. The van der Waals surface area contributed by atoms with Gasteiger partial charge in [0.15, 0.2) is 6.23 Å². The van der Waals surface area contributed by atoms with Crippen LogP contribution in [0.2, 0.25) is 0 Å². The second-order valence-electron chi connectivity index (χ2n) is 13.5. The normalized spacial score (nSPS) is 17.2. The van der Waals surface area contributed by atoms with Crippen molar-refractivity contribution in [3.8, 4) is 17.6 Å². The van der Waals surface area contributed by atoms with E-state index in [1.54, 1.807) is 27.3 Å². The molecule has 5 rings (SSSR count). The first kappa shape index (κ1) is 39.9. The van der Waals surface area contributed by atoms with E-state index in [1.807, 2.05) is 42.5 Å². The summed E-state index contributed by atoms with van der Waals surface area (Å²) >= 11 is 0. The van der Waals surface area contributed by atoms with Gasteiger partial charge in [0.25, 0.3) is 14.1 Å². The fourth-order valence-electron chi connectivity index (χ4n) is 6.99. The smallest absolute Gasteiger partial charge is 0.330 e. The van der Waals surface area contributed by atoms with E-state index in [9.17, 15) is 14.9 Å². The Bertz CT molecular complexity index is 1870. The highest BCUT2D eigenvalue weighted by molar-refractivity contribution is 7.44.